The van der Waals surface area contributed by atoms with Gasteiger partial charge in [0.25, 0.3) is 0 Å². The summed E-state index contributed by atoms with van der Waals surface area (Å²) in [6.45, 7) is 6.02. The van der Waals surface area contributed by atoms with Crippen LogP contribution in [0.1, 0.15) is 26.0 Å². The number of sulfonamides is 1. The Morgan fingerprint density at radius 3 is 2.61 bits per heavy atom. The second-order valence-electron chi connectivity index (χ2n) is 4.37. The Hall–Kier alpha value is -0.850. The summed E-state index contributed by atoms with van der Waals surface area (Å²) in [5.74, 6) is 0. The summed E-state index contributed by atoms with van der Waals surface area (Å²) in [6, 6.07) is 1.74. The predicted molar refractivity (Wildman–Crippen MR) is 72.9 cm³/mol. The number of hydrogen-bond donors (Lipinski definition) is 1. The Kier molecular flexibility index (Phi) is 5.37. The first-order valence-corrected chi connectivity index (χ1v) is 7.69. The molecule has 0 atom stereocenters. The van der Waals surface area contributed by atoms with Crippen molar-refractivity contribution in [1.82, 2.24) is 14.2 Å². The topological polar surface area (TPSA) is 54.3 Å². The molecule has 0 amide bonds. The van der Waals surface area contributed by atoms with Gasteiger partial charge in [-0.05, 0) is 19.0 Å². The van der Waals surface area contributed by atoms with Crippen LogP contribution in [0.4, 0.5) is 0 Å². The summed E-state index contributed by atoms with van der Waals surface area (Å²) >= 11 is 0. The average Bonchev–Trinajstić information content (AvgIpc) is 2.71. The minimum Gasteiger partial charge on any atom is -0.352 e. The second kappa shape index (κ2) is 6.36. The van der Waals surface area contributed by atoms with Crippen LogP contribution in [-0.2, 0) is 23.6 Å². The first-order valence-electron chi connectivity index (χ1n) is 6.25. The highest BCUT2D eigenvalue weighted by Crippen LogP contribution is 2.17. The molecule has 0 saturated heterocycles. The van der Waals surface area contributed by atoms with Crippen molar-refractivity contribution in [1.29, 1.82) is 0 Å². The number of aromatic nitrogens is 1. The maximum absolute atomic E-state index is 12.2. The number of nitrogens with one attached hydrogen (secondary N) is 1. The molecule has 1 rings (SSSR count). The van der Waals surface area contributed by atoms with E-state index in [2.05, 4.69) is 12.2 Å². The molecule has 0 saturated carbocycles. The van der Waals surface area contributed by atoms with E-state index in [0.29, 0.717) is 18.0 Å². The zero-order chi connectivity index (χ0) is 13.8. The lowest BCUT2D eigenvalue weighted by Crippen LogP contribution is -2.26. The van der Waals surface area contributed by atoms with E-state index in [1.54, 1.807) is 19.3 Å². The highest BCUT2D eigenvalue weighted by Gasteiger charge is 2.21. The SMILES string of the molecule is CCCNCc1cc(S(=O)(=O)N(C)CC)cn1C. The molecule has 5 nitrogen and oxygen atoms in total. The predicted octanol–water partition coefficient (Wildman–Crippen LogP) is 1.17. The van der Waals surface area contributed by atoms with E-state index in [1.807, 2.05) is 18.5 Å². The van der Waals surface area contributed by atoms with E-state index in [9.17, 15) is 8.42 Å². The molecule has 0 unspecified atom stereocenters. The lowest BCUT2D eigenvalue weighted by molar-refractivity contribution is 0.486. The van der Waals surface area contributed by atoms with Crippen molar-refractivity contribution < 1.29 is 8.42 Å². The van der Waals surface area contributed by atoms with Crippen LogP contribution in [-0.4, -0.2) is 37.4 Å². The molecule has 0 aliphatic rings. The lowest BCUT2D eigenvalue weighted by Gasteiger charge is -2.12. The van der Waals surface area contributed by atoms with E-state index in [1.165, 1.54) is 4.31 Å². The number of hydrogen-bond acceptors (Lipinski definition) is 3. The maximum atomic E-state index is 12.2. The number of nitrogens with zero attached hydrogens (tertiary/aromatic N) is 2. The summed E-state index contributed by atoms with van der Waals surface area (Å²) in [6.07, 6.45) is 2.73. The van der Waals surface area contributed by atoms with Crippen molar-refractivity contribution in [3.63, 3.8) is 0 Å². The van der Waals surface area contributed by atoms with Crippen LogP contribution < -0.4 is 5.32 Å². The monoisotopic (exact) mass is 273 g/mol. The Morgan fingerprint density at radius 1 is 1.39 bits per heavy atom. The normalized spacial score (nSPS) is 12.3. The van der Waals surface area contributed by atoms with Gasteiger partial charge in [-0.2, -0.15) is 0 Å². The third-order valence-electron chi connectivity index (χ3n) is 2.97. The largest absolute Gasteiger partial charge is 0.352 e. The minimum atomic E-state index is -3.34. The van der Waals surface area contributed by atoms with Gasteiger partial charge in [-0.1, -0.05) is 13.8 Å². The van der Waals surface area contributed by atoms with Crippen molar-refractivity contribution in [3.8, 4) is 0 Å². The van der Waals surface area contributed by atoms with Crippen LogP contribution in [0.2, 0.25) is 0 Å². The van der Waals surface area contributed by atoms with Crippen LogP contribution in [0, 0.1) is 0 Å². The van der Waals surface area contributed by atoms with E-state index in [4.69, 9.17) is 0 Å². The number of rotatable bonds is 7. The van der Waals surface area contributed by atoms with E-state index < -0.39 is 10.0 Å². The van der Waals surface area contributed by atoms with E-state index in [-0.39, 0.29) is 0 Å². The Balaban J connectivity index is 2.90. The highest BCUT2D eigenvalue weighted by molar-refractivity contribution is 7.89. The molecule has 0 bridgehead atoms. The van der Waals surface area contributed by atoms with Gasteiger partial charge in [0.1, 0.15) is 4.90 Å². The third kappa shape index (κ3) is 3.34. The molecule has 0 aromatic carbocycles. The molecule has 0 fully saturated rings. The zero-order valence-corrected chi connectivity index (χ0v) is 12.4. The van der Waals surface area contributed by atoms with Crippen molar-refractivity contribution in [2.24, 2.45) is 7.05 Å². The second-order valence-corrected chi connectivity index (χ2v) is 6.42. The molecular formula is C12H23N3O2S. The standard InChI is InChI=1S/C12H23N3O2S/c1-5-7-13-9-11-8-12(10-14(11)3)18(16,17)15(4)6-2/h8,10,13H,5-7,9H2,1-4H3. The van der Waals surface area contributed by atoms with E-state index >= 15 is 0 Å². The van der Waals surface area contributed by atoms with Gasteiger partial charge in [0.05, 0.1) is 0 Å². The van der Waals surface area contributed by atoms with Gasteiger partial charge in [0.2, 0.25) is 10.0 Å². The Morgan fingerprint density at radius 2 is 2.06 bits per heavy atom. The van der Waals surface area contributed by atoms with Gasteiger partial charge < -0.3 is 9.88 Å². The molecule has 1 N–H and O–H groups in total. The molecule has 1 heterocycles. The molecule has 0 radical (unpaired) electrons. The fraction of sp³-hybridized carbons (Fsp3) is 0.667. The van der Waals surface area contributed by atoms with Crippen LogP contribution in [0.3, 0.4) is 0 Å². The van der Waals surface area contributed by atoms with Crippen molar-refractivity contribution in [2.45, 2.75) is 31.7 Å². The molecule has 0 aliphatic heterocycles. The first-order chi connectivity index (χ1) is 8.43. The third-order valence-corrected chi connectivity index (χ3v) is 4.87. The molecule has 1 aromatic heterocycles. The molecule has 0 spiro atoms. The van der Waals surface area contributed by atoms with Gasteiger partial charge >= 0.3 is 0 Å². The van der Waals surface area contributed by atoms with Crippen molar-refractivity contribution in [3.05, 3.63) is 18.0 Å². The van der Waals surface area contributed by atoms with Crippen LogP contribution >= 0.6 is 0 Å². The smallest absolute Gasteiger partial charge is 0.244 e. The Labute approximate surface area is 110 Å². The Bertz CT molecular complexity index is 480. The van der Waals surface area contributed by atoms with Gasteiger partial charge in [0, 0.05) is 39.1 Å². The summed E-state index contributed by atoms with van der Waals surface area (Å²) in [5, 5.41) is 3.27. The summed E-state index contributed by atoms with van der Waals surface area (Å²) in [7, 11) is 0.127. The summed E-state index contributed by atoms with van der Waals surface area (Å²) in [4.78, 5) is 0.364. The van der Waals surface area contributed by atoms with Crippen LogP contribution in [0.15, 0.2) is 17.2 Å². The first kappa shape index (κ1) is 15.2. The number of aryl methyl sites for hydroxylation is 1. The van der Waals surface area contributed by atoms with Crippen molar-refractivity contribution >= 4 is 10.0 Å². The van der Waals surface area contributed by atoms with Gasteiger partial charge in [-0.3, -0.25) is 0 Å². The molecule has 1 aromatic rings. The lowest BCUT2D eigenvalue weighted by atomic mass is 10.4. The fourth-order valence-corrected chi connectivity index (χ4v) is 2.91. The molecule has 6 heteroatoms. The minimum absolute atomic E-state index is 0.364. The van der Waals surface area contributed by atoms with Gasteiger partial charge in [-0.25, -0.2) is 12.7 Å². The highest BCUT2D eigenvalue weighted by atomic mass is 32.2. The van der Waals surface area contributed by atoms with Crippen molar-refractivity contribution in [2.75, 3.05) is 20.1 Å². The zero-order valence-electron chi connectivity index (χ0n) is 11.6. The molecule has 104 valence electrons. The maximum Gasteiger partial charge on any atom is 0.244 e. The summed E-state index contributed by atoms with van der Waals surface area (Å²) in [5.41, 5.74) is 0.978. The molecule has 18 heavy (non-hydrogen) atoms. The quantitative estimate of drug-likeness (QED) is 0.759. The average molecular weight is 273 g/mol. The summed E-state index contributed by atoms with van der Waals surface area (Å²) < 4.78 is 27.5. The molecular weight excluding hydrogens is 250 g/mol. The molecule has 0 aliphatic carbocycles. The van der Waals surface area contributed by atoms with Gasteiger partial charge in [-0.15, -0.1) is 0 Å². The van der Waals surface area contributed by atoms with Crippen LogP contribution in [0.5, 0.6) is 0 Å². The van der Waals surface area contributed by atoms with Crippen LogP contribution in [0.25, 0.3) is 0 Å². The van der Waals surface area contributed by atoms with Gasteiger partial charge in [0.15, 0.2) is 0 Å². The van der Waals surface area contributed by atoms with E-state index in [0.717, 1.165) is 18.7 Å². The fourth-order valence-electron chi connectivity index (χ4n) is 1.64.